The van der Waals surface area contributed by atoms with Crippen LogP contribution in [0.4, 0.5) is 0 Å². The Bertz CT molecular complexity index is 331. The van der Waals surface area contributed by atoms with Crippen LogP contribution in [0.3, 0.4) is 0 Å². The second-order valence-corrected chi connectivity index (χ2v) is 3.81. The summed E-state index contributed by atoms with van der Waals surface area (Å²) in [6.45, 7) is 0. The molecule has 0 atom stereocenters. The van der Waals surface area contributed by atoms with Crippen molar-refractivity contribution in [1.82, 2.24) is 0 Å². The molecule has 1 aliphatic carbocycles. The molecule has 76 valence electrons. The third-order valence-electron chi connectivity index (χ3n) is 2.94. The summed E-state index contributed by atoms with van der Waals surface area (Å²) in [5, 5.41) is 9.93. The zero-order valence-corrected chi connectivity index (χ0v) is 8.55. The second kappa shape index (κ2) is 3.91. The van der Waals surface area contributed by atoms with Crippen LogP contribution in [0.25, 0.3) is 0 Å². The lowest BCUT2D eigenvalue weighted by atomic mass is 10.0. The fourth-order valence-corrected chi connectivity index (χ4v) is 2.13. The van der Waals surface area contributed by atoms with Crippen LogP contribution in [0.15, 0.2) is 12.1 Å². The van der Waals surface area contributed by atoms with Gasteiger partial charge in [-0.2, -0.15) is 0 Å². The fraction of sp³-hybridized carbons (Fsp3) is 0.500. The van der Waals surface area contributed by atoms with E-state index in [9.17, 15) is 5.11 Å². The highest BCUT2D eigenvalue weighted by Gasteiger charge is 2.14. The maximum Gasteiger partial charge on any atom is 0.161 e. The maximum absolute atomic E-state index is 9.93. The van der Waals surface area contributed by atoms with Crippen LogP contribution in [0.1, 0.15) is 30.4 Å². The molecule has 0 radical (unpaired) electrons. The van der Waals surface area contributed by atoms with Gasteiger partial charge in [-0.1, -0.05) is 12.5 Å². The summed E-state index contributed by atoms with van der Waals surface area (Å²) in [5.41, 5.74) is 2.39. The summed E-state index contributed by atoms with van der Waals surface area (Å²) in [6, 6.07) is 3.94. The molecule has 0 bridgehead atoms. The van der Waals surface area contributed by atoms with E-state index in [1.807, 2.05) is 6.07 Å². The molecular weight excluding hydrogens is 176 g/mol. The number of benzene rings is 1. The number of hydrogen-bond donors (Lipinski definition) is 1. The van der Waals surface area contributed by atoms with Crippen molar-refractivity contribution >= 4 is 0 Å². The van der Waals surface area contributed by atoms with Crippen molar-refractivity contribution < 1.29 is 9.84 Å². The summed E-state index contributed by atoms with van der Waals surface area (Å²) in [5.74, 6) is 0.956. The molecule has 0 aromatic heterocycles. The number of ether oxygens (including phenoxy) is 1. The van der Waals surface area contributed by atoms with Gasteiger partial charge in [0.2, 0.25) is 0 Å². The number of methoxy groups -OCH3 is 1. The Kier molecular flexibility index (Phi) is 2.62. The smallest absolute Gasteiger partial charge is 0.161 e. The van der Waals surface area contributed by atoms with E-state index in [2.05, 4.69) is 6.07 Å². The highest BCUT2D eigenvalue weighted by atomic mass is 16.5. The zero-order valence-electron chi connectivity index (χ0n) is 8.55. The van der Waals surface area contributed by atoms with E-state index in [-0.39, 0.29) is 0 Å². The van der Waals surface area contributed by atoms with E-state index in [1.54, 1.807) is 7.11 Å². The summed E-state index contributed by atoms with van der Waals surface area (Å²) in [4.78, 5) is 0. The van der Waals surface area contributed by atoms with Crippen molar-refractivity contribution in [2.75, 3.05) is 7.11 Å². The van der Waals surface area contributed by atoms with E-state index in [0.717, 1.165) is 18.4 Å². The molecule has 2 heteroatoms. The van der Waals surface area contributed by atoms with Crippen LogP contribution >= 0.6 is 0 Å². The molecule has 0 saturated heterocycles. The Balaban J connectivity index is 2.44. The summed E-state index contributed by atoms with van der Waals surface area (Å²) in [6.07, 6.45) is 5.74. The summed E-state index contributed by atoms with van der Waals surface area (Å²) >= 11 is 0. The Morgan fingerprint density at radius 1 is 1.14 bits per heavy atom. The number of hydrogen-bond acceptors (Lipinski definition) is 2. The third-order valence-corrected chi connectivity index (χ3v) is 2.94. The molecule has 0 amide bonds. The molecule has 1 aromatic rings. The van der Waals surface area contributed by atoms with E-state index >= 15 is 0 Å². The molecule has 0 aliphatic heterocycles. The normalized spacial score (nSPS) is 15.8. The number of rotatable bonds is 1. The van der Waals surface area contributed by atoms with Crippen LogP contribution in [-0.4, -0.2) is 12.2 Å². The van der Waals surface area contributed by atoms with Gasteiger partial charge < -0.3 is 9.84 Å². The highest BCUT2D eigenvalue weighted by Crippen LogP contribution is 2.35. The van der Waals surface area contributed by atoms with Gasteiger partial charge in [0, 0.05) is 5.56 Å². The minimum atomic E-state index is 0.354. The SMILES string of the molecule is COc1ccc2c(c1O)CCCCC2. The lowest BCUT2D eigenvalue weighted by molar-refractivity contribution is 0.370. The summed E-state index contributed by atoms with van der Waals surface area (Å²) < 4.78 is 5.10. The Morgan fingerprint density at radius 3 is 2.71 bits per heavy atom. The second-order valence-electron chi connectivity index (χ2n) is 3.81. The van der Waals surface area contributed by atoms with Gasteiger partial charge in [0.1, 0.15) is 0 Å². The number of aromatic hydroxyl groups is 1. The standard InChI is InChI=1S/C12H16O2/c1-14-11-8-7-9-5-3-2-4-6-10(9)12(11)13/h7-8,13H,2-6H2,1H3. The van der Waals surface area contributed by atoms with Gasteiger partial charge in [-0.3, -0.25) is 0 Å². The highest BCUT2D eigenvalue weighted by molar-refractivity contribution is 5.50. The third kappa shape index (κ3) is 1.57. The first-order valence-electron chi connectivity index (χ1n) is 5.20. The van der Waals surface area contributed by atoms with E-state index < -0.39 is 0 Å². The van der Waals surface area contributed by atoms with Crippen LogP contribution in [0.5, 0.6) is 11.5 Å². The van der Waals surface area contributed by atoms with Gasteiger partial charge in [-0.05, 0) is 37.3 Å². The average molecular weight is 192 g/mol. The molecule has 2 rings (SSSR count). The van der Waals surface area contributed by atoms with Gasteiger partial charge in [-0.15, -0.1) is 0 Å². The Morgan fingerprint density at radius 2 is 1.93 bits per heavy atom. The van der Waals surface area contributed by atoms with Crippen molar-refractivity contribution in [2.45, 2.75) is 32.1 Å². The molecule has 1 aliphatic rings. The van der Waals surface area contributed by atoms with Crippen molar-refractivity contribution in [3.05, 3.63) is 23.3 Å². The largest absolute Gasteiger partial charge is 0.504 e. The Labute approximate surface area is 84.5 Å². The van der Waals surface area contributed by atoms with Gasteiger partial charge in [0.25, 0.3) is 0 Å². The van der Waals surface area contributed by atoms with Gasteiger partial charge in [0.15, 0.2) is 11.5 Å². The minimum Gasteiger partial charge on any atom is -0.504 e. The van der Waals surface area contributed by atoms with E-state index in [1.165, 1.54) is 24.8 Å². The quantitative estimate of drug-likeness (QED) is 0.693. The molecule has 1 aromatic carbocycles. The first-order chi connectivity index (χ1) is 6.83. The topological polar surface area (TPSA) is 29.5 Å². The number of phenols is 1. The summed E-state index contributed by atoms with van der Waals surface area (Å²) in [7, 11) is 1.60. The zero-order chi connectivity index (χ0) is 9.97. The van der Waals surface area contributed by atoms with E-state index in [4.69, 9.17) is 4.74 Å². The van der Waals surface area contributed by atoms with Crippen LogP contribution < -0.4 is 4.74 Å². The number of fused-ring (bicyclic) bond motifs is 1. The van der Waals surface area contributed by atoms with Gasteiger partial charge in [-0.25, -0.2) is 0 Å². The number of aryl methyl sites for hydroxylation is 1. The number of phenolic OH excluding ortho intramolecular Hbond substituents is 1. The molecule has 0 heterocycles. The van der Waals surface area contributed by atoms with Gasteiger partial charge in [0.05, 0.1) is 7.11 Å². The molecule has 2 nitrogen and oxygen atoms in total. The first-order valence-corrected chi connectivity index (χ1v) is 5.20. The lowest BCUT2D eigenvalue weighted by Gasteiger charge is -2.11. The molecule has 1 N–H and O–H groups in total. The minimum absolute atomic E-state index is 0.354. The molecule has 0 fully saturated rings. The molecule has 14 heavy (non-hydrogen) atoms. The predicted octanol–water partition coefficient (Wildman–Crippen LogP) is 2.67. The monoisotopic (exact) mass is 192 g/mol. The average Bonchev–Trinajstić information content (AvgIpc) is 2.44. The molecular formula is C12H16O2. The van der Waals surface area contributed by atoms with Crippen LogP contribution in [0.2, 0.25) is 0 Å². The fourth-order valence-electron chi connectivity index (χ4n) is 2.13. The lowest BCUT2D eigenvalue weighted by Crippen LogP contribution is -1.94. The predicted molar refractivity (Wildman–Crippen MR) is 55.9 cm³/mol. The van der Waals surface area contributed by atoms with Crippen molar-refractivity contribution in [3.63, 3.8) is 0 Å². The molecule has 0 unspecified atom stereocenters. The molecule has 0 spiro atoms. The van der Waals surface area contributed by atoms with Gasteiger partial charge >= 0.3 is 0 Å². The van der Waals surface area contributed by atoms with Crippen molar-refractivity contribution in [2.24, 2.45) is 0 Å². The van der Waals surface area contributed by atoms with Crippen LogP contribution in [0, 0.1) is 0 Å². The van der Waals surface area contributed by atoms with Crippen LogP contribution in [-0.2, 0) is 12.8 Å². The molecule has 0 saturated carbocycles. The maximum atomic E-state index is 9.93. The Hall–Kier alpha value is -1.18. The van der Waals surface area contributed by atoms with E-state index in [0.29, 0.717) is 11.5 Å². The first kappa shape index (κ1) is 9.38. The van der Waals surface area contributed by atoms with Crippen molar-refractivity contribution in [3.8, 4) is 11.5 Å². The van der Waals surface area contributed by atoms with Crippen molar-refractivity contribution in [1.29, 1.82) is 0 Å².